The van der Waals surface area contributed by atoms with E-state index < -0.39 is 11.9 Å². The van der Waals surface area contributed by atoms with E-state index in [1.807, 2.05) is 19.1 Å². The number of halogens is 3. The highest BCUT2D eigenvalue weighted by Gasteiger charge is 2.18. The maximum Gasteiger partial charge on any atom is 0.262 e. The van der Waals surface area contributed by atoms with Gasteiger partial charge in [-0.1, -0.05) is 47.5 Å². The number of amides is 2. The van der Waals surface area contributed by atoms with Crippen LogP contribution in [0.25, 0.3) is 0 Å². The van der Waals surface area contributed by atoms with E-state index >= 15 is 0 Å². The monoisotopic (exact) mass is 631 g/mol. The summed E-state index contributed by atoms with van der Waals surface area (Å²) in [5.41, 5.74) is 5.17. The number of hydrazone groups is 1. The van der Waals surface area contributed by atoms with Crippen molar-refractivity contribution in [2.45, 2.75) is 32.9 Å². The molecule has 10 heteroatoms. The molecule has 0 bridgehead atoms. The van der Waals surface area contributed by atoms with Gasteiger partial charge < -0.3 is 14.8 Å². The molecular formula is C29H28BrCl2N3O4. The first-order valence-corrected chi connectivity index (χ1v) is 13.6. The maximum absolute atomic E-state index is 12.5. The van der Waals surface area contributed by atoms with Crippen molar-refractivity contribution in [3.05, 3.63) is 104 Å². The van der Waals surface area contributed by atoms with Gasteiger partial charge in [-0.3, -0.25) is 9.59 Å². The van der Waals surface area contributed by atoms with Gasteiger partial charge in [0.15, 0.2) is 11.5 Å². The Morgan fingerprint density at radius 1 is 1.10 bits per heavy atom. The van der Waals surface area contributed by atoms with Crippen molar-refractivity contribution in [1.82, 2.24) is 10.7 Å². The van der Waals surface area contributed by atoms with Crippen molar-refractivity contribution >= 4 is 57.2 Å². The second kappa shape index (κ2) is 14.7. The minimum Gasteiger partial charge on any atom is -0.490 e. The summed E-state index contributed by atoms with van der Waals surface area (Å²) in [5.74, 6) is 0.235. The Morgan fingerprint density at radius 2 is 1.87 bits per heavy atom. The third-order valence-electron chi connectivity index (χ3n) is 5.45. The molecule has 1 atom stereocenters. The fourth-order valence-electron chi connectivity index (χ4n) is 3.53. The molecular weight excluding hydrogens is 605 g/mol. The average molecular weight is 633 g/mol. The van der Waals surface area contributed by atoms with E-state index in [-0.39, 0.29) is 12.5 Å². The molecule has 0 aromatic heterocycles. The van der Waals surface area contributed by atoms with Crippen molar-refractivity contribution in [3.8, 4) is 11.5 Å². The number of hydrogen-bond acceptors (Lipinski definition) is 5. The second-order valence-electron chi connectivity index (χ2n) is 8.37. The Hall–Kier alpha value is -3.33. The number of benzene rings is 3. The number of rotatable bonds is 12. The fraction of sp³-hybridized carbons (Fsp3) is 0.207. The summed E-state index contributed by atoms with van der Waals surface area (Å²) >= 11 is 15.6. The van der Waals surface area contributed by atoms with Crippen LogP contribution in [0.3, 0.4) is 0 Å². The smallest absolute Gasteiger partial charge is 0.262 e. The first kappa shape index (κ1) is 30.2. The van der Waals surface area contributed by atoms with Crippen LogP contribution in [0.5, 0.6) is 11.5 Å². The summed E-state index contributed by atoms with van der Waals surface area (Å²) in [7, 11) is 0. The summed E-state index contributed by atoms with van der Waals surface area (Å²) < 4.78 is 12.6. The topological polar surface area (TPSA) is 89.0 Å². The van der Waals surface area contributed by atoms with Crippen LogP contribution in [-0.2, 0) is 17.8 Å². The molecule has 0 fully saturated rings. The molecule has 0 aliphatic carbocycles. The van der Waals surface area contributed by atoms with E-state index in [0.29, 0.717) is 50.2 Å². The van der Waals surface area contributed by atoms with E-state index in [1.54, 1.807) is 55.5 Å². The third-order valence-corrected chi connectivity index (χ3v) is 6.73. The van der Waals surface area contributed by atoms with Gasteiger partial charge in [0.1, 0.15) is 12.6 Å². The highest BCUT2D eigenvalue weighted by atomic mass is 79.9. The van der Waals surface area contributed by atoms with Crippen LogP contribution < -0.4 is 20.2 Å². The summed E-state index contributed by atoms with van der Waals surface area (Å²) in [4.78, 5) is 25.0. The van der Waals surface area contributed by atoms with Crippen molar-refractivity contribution < 1.29 is 19.1 Å². The zero-order chi connectivity index (χ0) is 28.4. The molecule has 2 amide bonds. The van der Waals surface area contributed by atoms with E-state index in [9.17, 15) is 9.59 Å². The molecule has 0 aliphatic heterocycles. The van der Waals surface area contributed by atoms with E-state index in [4.69, 9.17) is 32.7 Å². The molecule has 0 saturated heterocycles. The molecule has 0 spiro atoms. The van der Waals surface area contributed by atoms with E-state index in [1.165, 1.54) is 6.21 Å². The summed E-state index contributed by atoms with van der Waals surface area (Å²) in [6.45, 7) is 7.92. The van der Waals surface area contributed by atoms with Gasteiger partial charge in [0.25, 0.3) is 11.8 Å². The maximum atomic E-state index is 12.5. The molecule has 39 heavy (non-hydrogen) atoms. The van der Waals surface area contributed by atoms with Crippen molar-refractivity contribution in [3.63, 3.8) is 0 Å². The molecule has 0 aliphatic rings. The molecule has 3 aromatic carbocycles. The standard InChI is InChI=1S/C29H28BrCl2N3O4/c1-4-8-20-13-19(14-26(38-5-2)27(20)39-17-21-11-12-22(31)15-25(21)32)16-33-35-28(36)18(3)34-29(37)23-9-6-7-10-24(23)30/h4,6-7,9-16,18H,1,5,8,17H2,2-3H3,(H,34,37)(H,35,36). The van der Waals surface area contributed by atoms with Gasteiger partial charge in [0.05, 0.1) is 18.4 Å². The van der Waals surface area contributed by atoms with E-state index in [2.05, 4.69) is 38.4 Å². The third kappa shape index (κ3) is 8.58. The van der Waals surface area contributed by atoms with Crippen LogP contribution in [0.2, 0.25) is 10.0 Å². The molecule has 0 radical (unpaired) electrons. The molecule has 3 aromatic rings. The number of carbonyl (C=O) groups excluding carboxylic acids is 2. The van der Waals surface area contributed by atoms with Gasteiger partial charge in [0, 0.05) is 25.6 Å². The molecule has 0 saturated carbocycles. The molecule has 0 heterocycles. The van der Waals surface area contributed by atoms with Gasteiger partial charge in [-0.05, 0) is 78.2 Å². The zero-order valence-electron chi connectivity index (χ0n) is 21.5. The number of hydrogen-bond donors (Lipinski definition) is 2. The van der Waals surface area contributed by atoms with Gasteiger partial charge in [-0.25, -0.2) is 5.43 Å². The van der Waals surface area contributed by atoms with Crippen LogP contribution in [-0.4, -0.2) is 30.7 Å². The predicted molar refractivity (Wildman–Crippen MR) is 159 cm³/mol. The molecule has 3 rings (SSSR count). The quantitative estimate of drug-likeness (QED) is 0.132. The van der Waals surface area contributed by atoms with Crippen molar-refractivity contribution in [2.75, 3.05) is 6.61 Å². The fourth-order valence-corrected chi connectivity index (χ4v) is 4.46. The summed E-state index contributed by atoms with van der Waals surface area (Å²) in [5, 5.41) is 7.78. The molecule has 2 N–H and O–H groups in total. The normalized spacial score (nSPS) is 11.6. The van der Waals surface area contributed by atoms with Crippen LogP contribution in [0, 0.1) is 0 Å². The van der Waals surface area contributed by atoms with E-state index in [0.717, 1.165) is 11.1 Å². The van der Waals surface area contributed by atoms with Gasteiger partial charge >= 0.3 is 0 Å². The lowest BCUT2D eigenvalue weighted by Crippen LogP contribution is -2.43. The van der Waals surface area contributed by atoms with Crippen LogP contribution >= 0.6 is 39.1 Å². The van der Waals surface area contributed by atoms with Gasteiger partial charge in [-0.15, -0.1) is 6.58 Å². The first-order valence-electron chi connectivity index (χ1n) is 12.1. The minimum atomic E-state index is -0.812. The number of allylic oxidation sites excluding steroid dienone is 1. The average Bonchev–Trinajstić information content (AvgIpc) is 2.89. The molecule has 204 valence electrons. The van der Waals surface area contributed by atoms with Gasteiger partial charge in [0.2, 0.25) is 0 Å². The van der Waals surface area contributed by atoms with Crippen LogP contribution in [0.1, 0.15) is 40.9 Å². The van der Waals surface area contributed by atoms with Crippen molar-refractivity contribution in [1.29, 1.82) is 0 Å². The lowest BCUT2D eigenvalue weighted by molar-refractivity contribution is -0.122. The van der Waals surface area contributed by atoms with Gasteiger partial charge in [-0.2, -0.15) is 5.10 Å². The Bertz CT molecular complexity index is 1380. The highest BCUT2D eigenvalue weighted by molar-refractivity contribution is 9.10. The highest BCUT2D eigenvalue weighted by Crippen LogP contribution is 2.35. The number of ether oxygens (including phenoxy) is 2. The lowest BCUT2D eigenvalue weighted by Gasteiger charge is -2.17. The predicted octanol–water partition coefficient (Wildman–Crippen LogP) is 6.73. The Balaban J connectivity index is 1.72. The Kier molecular flexibility index (Phi) is 11.4. The number of nitrogens with one attached hydrogen (secondary N) is 2. The largest absolute Gasteiger partial charge is 0.490 e. The Labute approximate surface area is 246 Å². The first-order chi connectivity index (χ1) is 18.7. The van der Waals surface area contributed by atoms with Crippen molar-refractivity contribution in [2.24, 2.45) is 5.10 Å². The minimum absolute atomic E-state index is 0.215. The Morgan fingerprint density at radius 3 is 2.56 bits per heavy atom. The zero-order valence-corrected chi connectivity index (χ0v) is 24.6. The summed E-state index contributed by atoms with van der Waals surface area (Å²) in [6, 6.07) is 15.0. The molecule has 1 unspecified atom stereocenters. The number of carbonyl (C=O) groups is 2. The van der Waals surface area contributed by atoms with Crippen LogP contribution in [0.15, 0.2) is 76.8 Å². The molecule has 7 nitrogen and oxygen atoms in total. The van der Waals surface area contributed by atoms with Crippen LogP contribution in [0.4, 0.5) is 0 Å². The SMILES string of the molecule is C=CCc1cc(C=NNC(=O)C(C)NC(=O)c2ccccc2Br)cc(OCC)c1OCc1ccc(Cl)cc1Cl. The number of nitrogens with zero attached hydrogens (tertiary/aromatic N) is 1. The summed E-state index contributed by atoms with van der Waals surface area (Å²) in [6.07, 6.45) is 3.76. The second-order valence-corrected chi connectivity index (χ2v) is 10.1. The lowest BCUT2D eigenvalue weighted by atomic mass is 10.1.